The predicted molar refractivity (Wildman–Crippen MR) is 74.6 cm³/mol. The van der Waals surface area contributed by atoms with Crippen LogP contribution in [0.5, 0.6) is 0 Å². The number of benzene rings is 2. The number of ketones is 1. The zero-order valence-electron chi connectivity index (χ0n) is 10.1. The van der Waals surface area contributed by atoms with E-state index in [-0.39, 0.29) is 5.78 Å². The van der Waals surface area contributed by atoms with E-state index in [0.717, 1.165) is 5.69 Å². The Morgan fingerprint density at radius 1 is 0.944 bits per heavy atom. The van der Waals surface area contributed by atoms with Crippen molar-refractivity contribution in [2.24, 2.45) is 0 Å². The molecule has 2 heteroatoms. The molecule has 0 atom stereocenters. The van der Waals surface area contributed by atoms with Crippen LogP contribution in [-0.2, 0) is 0 Å². The number of hydrogen-bond acceptors (Lipinski definition) is 2. The van der Waals surface area contributed by atoms with Gasteiger partial charge in [0.15, 0.2) is 5.78 Å². The largest absolute Gasteiger partial charge is 0.359 e. The fourth-order valence-electron chi connectivity index (χ4n) is 1.69. The van der Waals surface area contributed by atoms with Gasteiger partial charge < -0.3 is 5.32 Å². The SMILES string of the molecule is C=C(CC(=O)c1ccccc1)Nc1ccccc1. The lowest BCUT2D eigenvalue weighted by Crippen LogP contribution is -2.06. The molecule has 0 saturated carbocycles. The van der Waals surface area contributed by atoms with Gasteiger partial charge in [0, 0.05) is 16.9 Å². The summed E-state index contributed by atoms with van der Waals surface area (Å²) >= 11 is 0. The first-order valence-corrected chi connectivity index (χ1v) is 5.84. The normalized spacial score (nSPS) is 9.78. The van der Waals surface area contributed by atoms with E-state index in [0.29, 0.717) is 17.7 Å². The minimum Gasteiger partial charge on any atom is -0.359 e. The number of nitrogens with one attached hydrogen (secondary N) is 1. The summed E-state index contributed by atoms with van der Waals surface area (Å²) in [4.78, 5) is 11.9. The van der Waals surface area contributed by atoms with Gasteiger partial charge in [-0.1, -0.05) is 55.1 Å². The van der Waals surface area contributed by atoms with E-state index >= 15 is 0 Å². The van der Waals surface area contributed by atoms with Crippen LogP contribution in [0.1, 0.15) is 16.8 Å². The van der Waals surface area contributed by atoms with Crippen molar-refractivity contribution in [1.82, 2.24) is 0 Å². The standard InChI is InChI=1S/C16H15NO/c1-13(17-15-10-6-3-7-11-15)12-16(18)14-8-4-2-5-9-14/h2-11,17H,1,12H2. The topological polar surface area (TPSA) is 29.1 Å². The first-order valence-electron chi connectivity index (χ1n) is 5.84. The Morgan fingerprint density at radius 3 is 2.11 bits per heavy atom. The average Bonchev–Trinajstić information content (AvgIpc) is 2.40. The predicted octanol–water partition coefficient (Wildman–Crippen LogP) is 3.89. The zero-order valence-corrected chi connectivity index (χ0v) is 10.1. The molecule has 0 spiro atoms. The molecule has 0 radical (unpaired) electrons. The van der Waals surface area contributed by atoms with Crippen molar-refractivity contribution >= 4 is 11.5 Å². The van der Waals surface area contributed by atoms with Crippen LogP contribution in [0.3, 0.4) is 0 Å². The van der Waals surface area contributed by atoms with E-state index in [9.17, 15) is 4.79 Å². The number of rotatable bonds is 5. The highest BCUT2D eigenvalue weighted by molar-refractivity contribution is 5.97. The minimum atomic E-state index is 0.0732. The quantitative estimate of drug-likeness (QED) is 0.799. The first kappa shape index (κ1) is 12.1. The summed E-state index contributed by atoms with van der Waals surface area (Å²) in [6.45, 7) is 3.88. The van der Waals surface area contributed by atoms with Crippen LogP contribution in [-0.4, -0.2) is 5.78 Å². The second-order valence-corrected chi connectivity index (χ2v) is 4.06. The van der Waals surface area contributed by atoms with Gasteiger partial charge in [0.05, 0.1) is 6.42 Å². The molecule has 2 nitrogen and oxygen atoms in total. The third kappa shape index (κ3) is 3.32. The summed E-state index contributed by atoms with van der Waals surface area (Å²) in [7, 11) is 0. The Morgan fingerprint density at radius 2 is 1.50 bits per heavy atom. The number of para-hydroxylation sites is 1. The van der Waals surface area contributed by atoms with E-state index in [1.54, 1.807) is 0 Å². The van der Waals surface area contributed by atoms with Crippen molar-refractivity contribution in [2.75, 3.05) is 5.32 Å². The smallest absolute Gasteiger partial charge is 0.168 e. The molecule has 18 heavy (non-hydrogen) atoms. The van der Waals surface area contributed by atoms with Gasteiger partial charge in [-0.05, 0) is 12.1 Å². The van der Waals surface area contributed by atoms with Crippen LogP contribution in [0.2, 0.25) is 0 Å². The van der Waals surface area contributed by atoms with Crippen LogP contribution < -0.4 is 5.32 Å². The van der Waals surface area contributed by atoms with E-state index in [1.807, 2.05) is 60.7 Å². The second kappa shape index (κ2) is 5.82. The van der Waals surface area contributed by atoms with Crippen LogP contribution in [0.4, 0.5) is 5.69 Å². The minimum absolute atomic E-state index is 0.0732. The van der Waals surface area contributed by atoms with Crippen molar-refractivity contribution < 1.29 is 4.79 Å². The Labute approximate surface area is 107 Å². The Hall–Kier alpha value is -2.35. The van der Waals surface area contributed by atoms with Gasteiger partial charge in [-0.15, -0.1) is 0 Å². The molecular formula is C16H15NO. The molecule has 0 aromatic heterocycles. The molecule has 0 saturated heterocycles. The van der Waals surface area contributed by atoms with Crippen molar-refractivity contribution in [1.29, 1.82) is 0 Å². The number of carbonyl (C=O) groups is 1. The van der Waals surface area contributed by atoms with Gasteiger partial charge in [-0.25, -0.2) is 0 Å². The zero-order chi connectivity index (χ0) is 12.8. The summed E-state index contributed by atoms with van der Waals surface area (Å²) in [5.41, 5.74) is 2.37. The summed E-state index contributed by atoms with van der Waals surface area (Å²) in [6, 6.07) is 19.0. The molecule has 0 aliphatic rings. The number of carbonyl (C=O) groups excluding carboxylic acids is 1. The molecule has 0 heterocycles. The monoisotopic (exact) mass is 237 g/mol. The van der Waals surface area contributed by atoms with Gasteiger partial charge >= 0.3 is 0 Å². The fraction of sp³-hybridized carbons (Fsp3) is 0.0625. The van der Waals surface area contributed by atoms with Gasteiger partial charge in [0.25, 0.3) is 0 Å². The maximum Gasteiger partial charge on any atom is 0.168 e. The molecule has 90 valence electrons. The molecule has 0 unspecified atom stereocenters. The molecule has 0 aliphatic carbocycles. The highest BCUT2D eigenvalue weighted by atomic mass is 16.1. The van der Waals surface area contributed by atoms with Crippen LogP contribution in [0, 0.1) is 0 Å². The molecule has 0 bridgehead atoms. The van der Waals surface area contributed by atoms with E-state index in [2.05, 4.69) is 11.9 Å². The van der Waals surface area contributed by atoms with Gasteiger partial charge in [-0.3, -0.25) is 4.79 Å². The molecule has 1 N–H and O–H groups in total. The number of Topliss-reactive ketones (excluding diaryl/α,β-unsaturated/α-hetero) is 1. The molecular weight excluding hydrogens is 222 g/mol. The lowest BCUT2D eigenvalue weighted by Gasteiger charge is -2.08. The lowest BCUT2D eigenvalue weighted by molar-refractivity contribution is 0.0993. The van der Waals surface area contributed by atoms with Crippen LogP contribution in [0.15, 0.2) is 72.9 Å². The molecule has 2 aromatic rings. The maximum atomic E-state index is 11.9. The van der Waals surface area contributed by atoms with Gasteiger partial charge in [-0.2, -0.15) is 0 Å². The fourth-order valence-corrected chi connectivity index (χ4v) is 1.69. The van der Waals surface area contributed by atoms with E-state index in [4.69, 9.17) is 0 Å². The highest BCUT2D eigenvalue weighted by Crippen LogP contribution is 2.12. The van der Waals surface area contributed by atoms with Gasteiger partial charge in [0.1, 0.15) is 0 Å². The summed E-state index contributed by atoms with van der Waals surface area (Å²) in [5.74, 6) is 0.0732. The summed E-state index contributed by atoms with van der Waals surface area (Å²) in [6.07, 6.45) is 0.304. The third-order valence-corrected chi connectivity index (χ3v) is 2.56. The molecule has 2 aromatic carbocycles. The Balaban J connectivity index is 1.94. The van der Waals surface area contributed by atoms with Crippen LogP contribution in [0.25, 0.3) is 0 Å². The van der Waals surface area contributed by atoms with Crippen molar-refractivity contribution in [3.8, 4) is 0 Å². The molecule has 0 fully saturated rings. The summed E-state index contributed by atoms with van der Waals surface area (Å²) < 4.78 is 0. The number of allylic oxidation sites excluding steroid dienone is 1. The van der Waals surface area contributed by atoms with Crippen molar-refractivity contribution in [3.05, 3.63) is 78.5 Å². The molecule has 2 rings (SSSR count). The van der Waals surface area contributed by atoms with Crippen LogP contribution >= 0.6 is 0 Å². The maximum absolute atomic E-state index is 11.9. The van der Waals surface area contributed by atoms with Gasteiger partial charge in [0.2, 0.25) is 0 Å². The average molecular weight is 237 g/mol. The molecule has 0 aliphatic heterocycles. The third-order valence-electron chi connectivity index (χ3n) is 2.56. The van der Waals surface area contributed by atoms with Crippen molar-refractivity contribution in [3.63, 3.8) is 0 Å². The first-order chi connectivity index (χ1) is 8.75. The number of anilines is 1. The Kier molecular flexibility index (Phi) is 3.92. The van der Waals surface area contributed by atoms with Crippen molar-refractivity contribution in [2.45, 2.75) is 6.42 Å². The Bertz CT molecular complexity index is 532. The van der Waals surface area contributed by atoms with E-state index in [1.165, 1.54) is 0 Å². The number of hydrogen-bond donors (Lipinski definition) is 1. The highest BCUT2D eigenvalue weighted by Gasteiger charge is 2.06. The second-order valence-electron chi connectivity index (χ2n) is 4.06. The molecule has 0 amide bonds. The summed E-state index contributed by atoms with van der Waals surface area (Å²) in [5, 5.41) is 3.13. The lowest BCUT2D eigenvalue weighted by atomic mass is 10.1. The van der Waals surface area contributed by atoms with E-state index < -0.39 is 0 Å².